The summed E-state index contributed by atoms with van der Waals surface area (Å²) in [6.45, 7) is 0.0292. The average molecular weight is 390 g/mol. The highest BCUT2D eigenvalue weighted by atomic mass is 19.4. The number of carbonyl (C=O) groups excluding carboxylic acids is 1. The number of hydrogen-bond donors (Lipinski definition) is 3. The lowest BCUT2D eigenvalue weighted by Crippen LogP contribution is -2.29. The third-order valence-electron chi connectivity index (χ3n) is 3.77. The Morgan fingerprint density at radius 1 is 1.11 bits per heavy atom. The molecule has 2 heterocycles. The lowest BCUT2D eigenvalue weighted by Gasteiger charge is -2.10. The maximum atomic E-state index is 12.5. The third-order valence-corrected chi connectivity index (χ3v) is 3.77. The van der Waals surface area contributed by atoms with Crippen LogP contribution in [0.2, 0.25) is 0 Å². The number of alkyl halides is 3. The van der Waals surface area contributed by atoms with Crippen LogP contribution in [0.5, 0.6) is 0 Å². The molecular weight excluding hydrogens is 373 g/mol. The van der Waals surface area contributed by atoms with Crippen molar-refractivity contribution in [2.24, 2.45) is 0 Å². The van der Waals surface area contributed by atoms with Crippen LogP contribution in [0.4, 0.5) is 24.8 Å². The Bertz CT molecular complexity index is 939. The number of amides is 1. The fourth-order valence-electron chi connectivity index (χ4n) is 2.37. The van der Waals surface area contributed by atoms with E-state index in [1.54, 1.807) is 17.0 Å². The molecule has 0 aliphatic rings. The molecule has 0 saturated carbocycles. The van der Waals surface area contributed by atoms with Gasteiger partial charge in [-0.1, -0.05) is 12.1 Å². The molecule has 0 aliphatic carbocycles. The predicted octanol–water partition coefficient (Wildman–Crippen LogP) is 2.60. The molecule has 7 nitrogen and oxygen atoms in total. The fourth-order valence-corrected chi connectivity index (χ4v) is 2.37. The Hall–Kier alpha value is -3.56. The number of carbonyl (C=O) groups is 1. The molecule has 0 radical (unpaired) electrons. The van der Waals surface area contributed by atoms with Crippen molar-refractivity contribution in [2.75, 3.05) is 17.6 Å². The molecule has 28 heavy (non-hydrogen) atoms. The zero-order valence-corrected chi connectivity index (χ0v) is 14.6. The standard InChI is InChI=1S/C18H17F3N6O/c19-18(20,21)13-5-3-12(4-6-13)10-24-16(28)11-23-15-9-14(22)25-17(26-15)27-7-1-2-8-27/h1-9H,10-11H2,(H,24,28)(H3,22,23,25,26). The summed E-state index contributed by atoms with van der Waals surface area (Å²) in [7, 11) is 0. The van der Waals surface area contributed by atoms with Gasteiger partial charge in [0, 0.05) is 25.0 Å². The molecule has 0 unspecified atom stereocenters. The highest BCUT2D eigenvalue weighted by molar-refractivity contribution is 5.80. The molecule has 3 rings (SSSR count). The van der Waals surface area contributed by atoms with Gasteiger partial charge in [0.05, 0.1) is 12.1 Å². The zero-order valence-electron chi connectivity index (χ0n) is 14.6. The summed E-state index contributed by atoms with van der Waals surface area (Å²) in [6.07, 6.45) is -0.866. The summed E-state index contributed by atoms with van der Waals surface area (Å²) < 4.78 is 39.3. The van der Waals surface area contributed by atoms with E-state index in [1.807, 2.05) is 12.1 Å². The van der Waals surface area contributed by atoms with Crippen LogP contribution >= 0.6 is 0 Å². The minimum absolute atomic E-state index is 0.0811. The van der Waals surface area contributed by atoms with E-state index in [1.165, 1.54) is 18.2 Å². The van der Waals surface area contributed by atoms with Gasteiger partial charge >= 0.3 is 6.18 Å². The Labute approximate surface area is 158 Å². The molecule has 0 saturated heterocycles. The average Bonchev–Trinajstić information content (AvgIpc) is 3.19. The van der Waals surface area contributed by atoms with Gasteiger partial charge in [-0.2, -0.15) is 23.1 Å². The van der Waals surface area contributed by atoms with Gasteiger partial charge in [0.25, 0.3) is 0 Å². The SMILES string of the molecule is Nc1cc(NCC(=O)NCc2ccc(C(F)(F)F)cc2)nc(-n2cccc2)n1. The monoisotopic (exact) mass is 390 g/mol. The molecule has 0 atom stereocenters. The predicted molar refractivity (Wildman–Crippen MR) is 97.6 cm³/mol. The third kappa shape index (κ3) is 5.00. The molecule has 0 aliphatic heterocycles. The number of nitrogens with two attached hydrogens (primary N) is 1. The van der Waals surface area contributed by atoms with Crippen molar-refractivity contribution < 1.29 is 18.0 Å². The molecule has 1 amide bonds. The Morgan fingerprint density at radius 2 is 1.79 bits per heavy atom. The molecule has 146 valence electrons. The first-order chi connectivity index (χ1) is 13.3. The quantitative estimate of drug-likeness (QED) is 0.601. The van der Waals surface area contributed by atoms with E-state index in [0.29, 0.717) is 17.3 Å². The van der Waals surface area contributed by atoms with Gasteiger partial charge in [0.2, 0.25) is 11.9 Å². The summed E-state index contributed by atoms with van der Waals surface area (Å²) in [5.41, 5.74) is 5.59. The maximum absolute atomic E-state index is 12.5. The highest BCUT2D eigenvalue weighted by Crippen LogP contribution is 2.29. The van der Waals surface area contributed by atoms with Crippen molar-refractivity contribution in [1.82, 2.24) is 19.9 Å². The fraction of sp³-hybridized carbons (Fsp3) is 0.167. The second-order valence-electron chi connectivity index (χ2n) is 5.89. The Kier molecular flexibility index (Phi) is 5.48. The Morgan fingerprint density at radius 3 is 2.43 bits per heavy atom. The molecule has 0 spiro atoms. The molecule has 1 aromatic carbocycles. The van der Waals surface area contributed by atoms with Gasteiger partial charge in [-0.25, -0.2) is 0 Å². The normalized spacial score (nSPS) is 11.2. The summed E-state index contributed by atoms with van der Waals surface area (Å²) in [5, 5.41) is 5.47. The van der Waals surface area contributed by atoms with Crippen LogP contribution in [0.15, 0.2) is 54.9 Å². The number of rotatable bonds is 6. The molecule has 0 bridgehead atoms. The van der Waals surface area contributed by atoms with Crippen LogP contribution in [-0.2, 0) is 17.5 Å². The number of nitrogens with zero attached hydrogens (tertiary/aromatic N) is 3. The smallest absolute Gasteiger partial charge is 0.383 e. The van der Waals surface area contributed by atoms with Crippen LogP contribution in [0.1, 0.15) is 11.1 Å². The Balaban J connectivity index is 1.53. The van der Waals surface area contributed by atoms with Gasteiger partial charge in [-0.05, 0) is 29.8 Å². The number of benzene rings is 1. The minimum Gasteiger partial charge on any atom is -0.383 e. The number of anilines is 2. The van der Waals surface area contributed by atoms with Crippen molar-refractivity contribution in [2.45, 2.75) is 12.7 Å². The molecule has 0 fully saturated rings. The number of hydrogen-bond acceptors (Lipinski definition) is 5. The molecule has 10 heteroatoms. The number of aromatic nitrogens is 3. The largest absolute Gasteiger partial charge is 0.416 e. The number of nitrogens with one attached hydrogen (secondary N) is 2. The number of nitrogen functional groups attached to an aromatic ring is 1. The molecule has 3 aromatic rings. The first-order valence-electron chi connectivity index (χ1n) is 8.26. The lowest BCUT2D eigenvalue weighted by atomic mass is 10.1. The van der Waals surface area contributed by atoms with Crippen LogP contribution in [0.25, 0.3) is 5.95 Å². The van der Waals surface area contributed by atoms with Crippen LogP contribution in [0, 0.1) is 0 Å². The summed E-state index contributed by atoms with van der Waals surface area (Å²) in [5.74, 6) is 0.629. The van der Waals surface area contributed by atoms with E-state index in [0.717, 1.165) is 12.1 Å². The van der Waals surface area contributed by atoms with Gasteiger partial charge in [0.1, 0.15) is 11.6 Å². The summed E-state index contributed by atoms with van der Waals surface area (Å²) in [4.78, 5) is 20.4. The summed E-state index contributed by atoms with van der Waals surface area (Å²) in [6, 6.07) is 9.73. The first kappa shape index (κ1) is 19.2. The second-order valence-corrected chi connectivity index (χ2v) is 5.89. The van der Waals surface area contributed by atoms with Gasteiger partial charge in [0.15, 0.2) is 0 Å². The molecule has 4 N–H and O–H groups in total. The van der Waals surface area contributed by atoms with E-state index in [9.17, 15) is 18.0 Å². The van der Waals surface area contributed by atoms with E-state index in [-0.39, 0.29) is 24.8 Å². The second kappa shape index (κ2) is 7.99. The molecule has 2 aromatic heterocycles. The lowest BCUT2D eigenvalue weighted by molar-refractivity contribution is -0.137. The topological polar surface area (TPSA) is 97.9 Å². The minimum atomic E-state index is -4.38. The van der Waals surface area contributed by atoms with E-state index in [2.05, 4.69) is 20.6 Å². The van der Waals surface area contributed by atoms with Crippen LogP contribution in [0.3, 0.4) is 0 Å². The van der Waals surface area contributed by atoms with Crippen LogP contribution in [-0.4, -0.2) is 27.0 Å². The van der Waals surface area contributed by atoms with Gasteiger partial charge < -0.3 is 16.4 Å². The maximum Gasteiger partial charge on any atom is 0.416 e. The van der Waals surface area contributed by atoms with E-state index in [4.69, 9.17) is 5.73 Å². The molecular formula is C18H17F3N6O. The zero-order chi connectivity index (χ0) is 20.1. The van der Waals surface area contributed by atoms with Gasteiger partial charge in [-0.3, -0.25) is 9.36 Å². The first-order valence-corrected chi connectivity index (χ1v) is 8.26. The highest BCUT2D eigenvalue weighted by Gasteiger charge is 2.29. The van der Waals surface area contributed by atoms with Crippen molar-refractivity contribution in [3.63, 3.8) is 0 Å². The van der Waals surface area contributed by atoms with E-state index < -0.39 is 11.7 Å². The van der Waals surface area contributed by atoms with Crippen molar-refractivity contribution in [3.8, 4) is 5.95 Å². The van der Waals surface area contributed by atoms with E-state index >= 15 is 0 Å². The van der Waals surface area contributed by atoms with Crippen LogP contribution < -0.4 is 16.4 Å². The van der Waals surface area contributed by atoms with Crippen molar-refractivity contribution in [1.29, 1.82) is 0 Å². The van der Waals surface area contributed by atoms with Gasteiger partial charge in [-0.15, -0.1) is 0 Å². The van der Waals surface area contributed by atoms with Crippen molar-refractivity contribution >= 4 is 17.5 Å². The summed E-state index contributed by atoms with van der Waals surface area (Å²) >= 11 is 0. The number of halogens is 3. The van der Waals surface area contributed by atoms with Crippen molar-refractivity contribution in [3.05, 3.63) is 66.0 Å².